The molecular formula is C18H14N6OS. The summed E-state index contributed by atoms with van der Waals surface area (Å²) in [5.74, 6) is 0.343. The van der Waals surface area contributed by atoms with E-state index in [0.29, 0.717) is 16.8 Å². The molecule has 0 fully saturated rings. The summed E-state index contributed by atoms with van der Waals surface area (Å²) in [5, 5.41) is 9.35. The molecule has 0 aliphatic carbocycles. The van der Waals surface area contributed by atoms with Crippen LogP contribution in [0.4, 0.5) is 16.8 Å². The Bertz CT molecular complexity index is 1040. The van der Waals surface area contributed by atoms with Gasteiger partial charge >= 0.3 is 0 Å². The van der Waals surface area contributed by atoms with Crippen molar-refractivity contribution in [1.82, 2.24) is 19.9 Å². The molecule has 7 nitrogen and oxygen atoms in total. The van der Waals surface area contributed by atoms with Crippen molar-refractivity contribution < 1.29 is 4.79 Å². The Morgan fingerprint density at radius 1 is 1.00 bits per heavy atom. The van der Waals surface area contributed by atoms with Gasteiger partial charge < -0.3 is 10.6 Å². The van der Waals surface area contributed by atoms with Gasteiger partial charge in [0, 0.05) is 29.4 Å². The number of rotatable bonds is 5. The quantitative estimate of drug-likeness (QED) is 0.565. The van der Waals surface area contributed by atoms with Crippen LogP contribution < -0.4 is 10.6 Å². The number of nitrogens with one attached hydrogen (secondary N) is 2. The molecule has 26 heavy (non-hydrogen) atoms. The molecule has 0 bridgehead atoms. The van der Waals surface area contributed by atoms with E-state index in [9.17, 15) is 4.79 Å². The van der Waals surface area contributed by atoms with Gasteiger partial charge in [0.15, 0.2) is 5.13 Å². The van der Waals surface area contributed by atoms with Crippen LogP contribution in [-0.4, -0.2) is 25.8 Å². The molecule has 0 aliphatic heterocycles. The van der Waals surface area contributed by atoms with Gasteiger partial charge in [-0.1, -0.05) is 6.07 Å². The topological polar surface area (TPSA) is 92.7 Å². The summed E-state index contributed by atoms with van der Waals surface area (Å²) >= 11 is 1.40. The number of amides is 1. The predicted octanol–water partition coefficient (Wildman–Crippen LogP) is 3.41. The number of benzene rings is 1. The number of aromatic nitrogens is 4. The van der Waals surface area contributed by atoms with Gasteiger partial charge in [-0.2, -0.15) is 0 Å². The van der Waals surface area contributed by atoms with E-state index in [2.05, 4.69) is 30.6 Å². The number of fused-ring (bicyclic) bond motifs is 1. The first-order valence-electron chi connectivity index (χ1n) is 7.90. The molecule has 0 aliphatic rings. The van der Waals surface area contributed by atoms with Crippen molar-refractivity contribution in [3.63, 3.8) is 0 Å². The van der Waals surface area contributed by atoms with Crippen LogP contribution in [0.2, 0.25) is 0 Å². The molecule has 8 heteroatoms. The lowest BCUT2D eigenvalue weighted by atomic mass is 10.2. The Morgan fingerprint density at radius 2 is 1.85 bits per heavy atom. The molecule has 128 valence electrons. The SMILES string of the molecule is O=C(Cc1csc(Nc2ncccn2)n1)Nc1cccc2ncccc12. The molecule has 1 amide bonds. The minimum atomic E-state index is -0.130. The number of carbonyl (C=O) groups is 1. The van der Waals surface area contributed by atoms with Crippen LogP contribution in [0.15, 0.2) is 60.4 Å². The summed E-state index contributed by atoms with van der Waals surface area (Å²) in [6.45, 7) is 0. The van der Waals surface area contributed by atoms with Crippen LogP contribution in [0, 0.1) is 0 Å². The van der Waals surface area contributed by atoms with E-state index in [1.165, 1.54) is 11.3 Å². The van der Waals surface area contributed by atoms with Gasteiger partial charge in [-0.15, -0.1) is 11.3 Å². The fourth-order valence-corrected chi connectivity index (χ4v) is 3.18. The zero-order chi connectivity index (χ0) is 17.8. The van der Waals surface area contributed by atoms with E-state index in [0.717, 1.165) is 16.6 Å². The van der Waals surface area contributed by atoms with Crippen molar-refractivity contribution in [3.05, 3.63) is 66.1 Å². The van der Waals surface area contributed by atoms with Crippen LogP contribution in [0.25, 0.3) is 10.9 Å². The molecule has 0 unspecified atom stereocenters. The zero-order valence-corrected chi connectivity index (χ0v) is 14.4. The highest BCUT2D eigenvalue weighted by Gasteiger charge is 2.10. The lowest BCUT2D eigenvalue weighted by Crippen LogP contribution is -2.14. The molecule has 0 spiro atoms. The lowest BCUT2D eigenvalue weighted by molar-refractivity contribution is -0.115. The van der Waals surface area contributed by atoms with Crippen molar-refractivity contribution in [1.29, 1.82) is 0 Å². The van der Waals surface area contributed by atoms with E-state index in [1.807, 2.05) is 35.7 Å². The summed E-state index contributed by atoms with van der Waals surface area (Å²) < 4.78 is 0. The zero-order valence-electron chi connectivity index (χ0n) is 13.6. The number of hydrogen-bond donors (Lipinski definition) is 2. The Kier molecular flexibility index (Phi) is 4.48. The van der Waals surface area contributed by atoms with Gasteiger partial charge in [0.2, 0.25) is 11.9 Å². The molecule has 4 aromatic rings. The maximum absolute atomic E-state index is 12.4. The number of nitrogens with zero attached hydrogens (tertiary/aromatic N) is 4. The fraction of sp³-hybridized carbons (Fsp3) is 0.0556. The first-order chi connectivity index (χ1) is 12.8. The first kappa shape index (κ1) is 16.1. The Balaban J connectivity index is 1.44. The Morgan fingerprint density at radius 3 is 2.73 bits per heavy atom. The summed E-state index contributed by atoms with van der Waals surface area (Å²) in [6.07, 6.45) is 5.21. The highest BCUT2D eigenvalue weighted by Crippen LogP contribution is 2.22. The molecule has 1 aromatic carbocycles. The second-order valence-corrected chi connectivity index (χ2v) is 6.30. The summed E-state index contributed by atoms with van der Waals surface area (Å²) in [5.41, 5.74) is 2.27. The van der Waals surface area contributed by atoms with Crippen LogP contribution in [0.5, 0.6) is 0 Å². The minimum absolute atomic E-state index is 0.130. The highest BCUT2D eigenvalue weighted by molar-refractivity contribution is 7.13. The molecule has 4 rings (SSSR count). The smallest absolute Gasteiger partial charge is 0.230 e. The van der Waals surface area contributed by atoms with Crippen molar-refractivity contribution >= 4 is 44.9 Å². The summed E-state index contributed by atoms with van der Waals surface area (Å²) in [7, 11) is 0. The molecule has 0 saturated carbocycles. The van der Waals surface area contributed by atoms with Gasteiger partial charge in [-0.05, 0) is 30.3 Å². The normalized spacial score (nSPS) is 10.6. The molecular weight excluding hydrogens is 348 g/mol. The third-order valence-corrected chi connectivity index (χ3v) is 4.40. The standard InChI is InChI=1S/C18H14N6OS/c25-16(23-15-6-1-5-14-13(15)4-2-7-19-14)10-12-11-26-18(22-12)24-17-20-8-3-9-21-17/h1-9,11H,10H2,(H,23,25)(H,20,21,22,24). The van der Waals surface area contributed by atoms with E-state index in [-0.39, 0.29) is 12.3 Å². The first-order valence-corrected chi connectivity index (χ1v) is 8.78. The number of thiazole rings is 1. The molecule has 0 atom stereocenters. The summed E-state index contributed by atoms with van der Waals surface area (Å²) in [4.78, 5) is 29.3. The molecule has 2 N–H and O–H groups in total. The number of anilines is 3. The van der Waals surface area contributed by atoms with Crippen molar-refractivity contribution in [2.24, 2.45) is 0 Å². The van der Waals surface area contributed by atoms with Gasteiger partial charge in [0.1, 0.15) is 0 Å². The summed E-state index contributed by atoms with van der Waals surface area (Å²) in [6, 6.07) is 11.2. The van der Waals surface area contributed by atoms with E-state index in [1.54, 1.807) is 24.7 Å². The maximum Gasteiger partial charge on any atom is 0.230 e. The van der Waals surface area contributed by atoms with Gasteiger partial charge in [0.25, 0.3) is 0 Å². The minimum Gasteiger partial charge on any atom is -0.325 e. The third kappa shape index (κ3) is 3.65. The molecule has 0 radical (unpaired) electrons. The van der Waals surface area contributed by atoms with Crippen LogP contribution in [-0.2, 0) is 11.2 Å². The highest BCUT2D eigenvalue weighted by atomic mass is 32.1. The van der Waals surface area contributed by atoms with E-state index < -0.39 is 0 Å². The van der Waals surface area contributed by atoms with Crippen molar-refractivity contribution in [2.75, 3.05) is 10.6 Å². The number of hydrogen-bond acceptors (Lipinski definition) is 7. The van der Waals surface area contributed by atoms with Crippen LogP contribution in [0.3, 0.4) is 0 Å². The average molecular weight is 362 g/mol. The Hall–Kier alpha value is -3.39. The van der Waals surface area contributed by atoms with Crippen molar-refractivity contribution in [3.8, 4) is 0 Å². The molecule has 3 heterocycles. The largest absolute Gasteiger partial charge is 0.325 e. The van der Waals surface area contributed by atoms with Gasteiger partial charge in [-0.25, -0.2) is 15.0 Å². The van der Waals surface area contributed by atoms with Gasteiger partial charge in [0.05, 0.1) is 23.3 Å². The molecule has 3 aromatic heterocycles. The fourth-order valence-electron chi connectivity index (χ4n) is 2.48. The second kappa shape index (κ2) is 7.24. The van der Waals surface area contributed by atoms with Crippen LogP contribution in [0.1, 0.15) is 5.69 Å². The third-order valence-electron chi connectivity index (χ3n) is 3.60. The van der Waals surface area contributed by atoms with E-state index in [4.69, 9.17) is 0 Å². The van der Waals surface area contributed by atoms with Crippen molar-refractivity contribution in [2.45, 2.75) is 6.42 Å². The average Bonchev–Trinajstić information content (AvgIpc) is 3.09. The molecule has 0 saturated heterocycles. The number of carbonyl (C=O) groups excluding carboxylic acids is 1. The second-order valence-electron chi connectivity index (χ2n) is 5.44. The predicted molar refractivity (Wildman–Crippen MR) is 102 cm³/mol. The van der Waals surface area contributed by atoms with Gasteiger partial charge in [-0.3, -0.25) is 9.78 Å². The Labute approximate surface area is 153 Å². The number of pyridine rings is 1. The maximum atomic E-state index is 12.4. The monoisotopic (exact) mass is 362 g/mol. The van der Waals surface area contributed by atoms with Crippen LogP contribution >= 0.6 is 11.3 Å². The lowest BCUT2D eigenvalue weighted by Gasteiger charge is -2.07. The van der Waals surface area contributed by atoms with E-state index >= 15 is 0 Å².